The van der Waals surface area contributed by atoms with Crippen molar-refractivity contribution in [3.8, 4) is 0 Å². The fourth-order valence-corrected chi connectivity index (χ4v) is 13.5. The zero-order valence-corrected chi connectivity index (χ0v) is 48.9. The first-order chi connectivity index (χ1) is 40.8. The molecule has 10 aromatic rings. The summed E-state index contributed by atoms with van der Waals surface area (Å²) in [6, 6.07) is 74.2. The molecule has 2 aromatic heterocycles. The molecule has 0 saturated carbocycles. The lowest BCUT2D eigenvalue weighted by molar-refractivity contribution is 0.00539. The lowest BCUT2D eigenvalue weighted by Gasteiger charge is -2.37. The quantitative estimate of drug-likeness (QED) is 0.0397. The maximum Gasteiger partial charge on any atom is 0.508 e. The van der Waals surface area contributed by atoms with Crippen molar-refractivity contribution in [1.29, 1.82) is 0 Å². The number of carbonyl (C=O) groups excluding carboxylic acids is 1. The van der Waals surface area contributed by atoms with Gasteiger partial charge < -0.3 is 18.6 Å². The number of aromatic nitrogens is 4. The van der Waals surface area contributed by atoms with Crippen molar-refractivity contribution >= 4 is 49.4 Å². The molecule has 17 heteroatoms. The summed E-state index contributed by atoms with van der Waals surface area (Å²) in [4.78, 5) is 24.1. The second-order valence-corrected chi connectivity index (χ2v) is 25.0. The molecule has 10 rings (SSSR count). The fourth-order valence-electron chi connectivity index (χ4n) is 10.8. The topological polar surface area (TPSA) is 164 Å². The van der Waals surface area contributed by atoms with Crippen LogP contribution in [0.5, 0.6) is 0 Å². The number of hydrogen-bond acceptors (Lipinski definition) is 9. The molecule has 2 unspecified atom stereocenters. The first-order valence-electron chi connectivity index (χ1n) is 27.5. The summed E-state index contributed by atoms with van der Waals surface area (Å²) in [5.74, 6) is -1.29. The minimum absolute atomic E-state index is 0.00196. The third kappa shape index (κ3) is 14.2. The first-order valence-corrected chi connectivity index (χ1v) is 31.6. The van der Waals surface area contributed by atoms with E-state index in [0.29, 0.717) is 32.6 Å². The predicted molar refractivity (Wildman–Crippen MR) is 330 cm³/mol. The third-order valence-corrected chi connectivity index (χ3v) is 18.1. The molecule has 0 spiro atoms. The summed E-state index contributed by atoms with van der Waals surface area (Å²) < 4.78 is 77.4. The van der Waals surface area contributed by atoms with E-state index < -0.39 is 61.0 Å². The van der Waals surface area contributed by atoms with Gasteiger partial charge in [0.25, 0.3) is 0 Å². The van der Waals surface area contributed by atoms with E-state index in [2.05, 4.69) is 91.4 Å². The SMILES string of the molecule is O=C(OC(CCc1cn(C(c2ccccc2)(c2ccccc2)c2ccccc2)cn1)CS(=O)(=O)NCc1ccc(Cl)cc1)OC(CCc1cn(C(c2ccccc2)(c2ccccc2)c2ccccc2)cn1)CS(=O)(=O)NCc1ccc(Cl)cc1. The number of nitrogens with one attached hydrogen (secondary N) is 2. The molecule has 2 N–H and O–H groups in total. The largest absolute Gasteiger partial charge is 0.508 e. The Labute approximate surface area is 501 Å². The fraction of sp³-hybridized carbons (Fsp3) is 0.179. The molecule has 13 nitrogen and oxygen atoms in total. The summed E-state index contributed by atoms with van der Waals surface area (Å²) in [5, 5.41) is 0.998. The van der Waals surface area contributed by atoms with Gasteiger partial charge in [-0.1, -0.05) is 229 Å². The van der Waals surface area contributed by atoms with E-state index in [-0.39, 0.29) is 38.8 Å². The Hall–Kier alpha value is -8.15. The Morgan fingerprint density at radius 1 is 0.429 bits per heavy atom. The number of nitrogens with zero attached hydrogens (tertiary/aromatic N) is 4. The lowest BCUT2D eigenvalue weighted by atomic mass is 9.77. The number of sulfonamides is 2. The Bertz CT molecular complexity index is 3490. The van der Waals surface area contributed by atoms with E-state index in [1.54, 1.807) is 61.2 Å². The molecule has 0 fully saturated rings. The molecule has 8 aromatic carbocycles. The van der Waals surface area contributed by atoms with Crippen molar-refractivity contribution in [1.82, 2.24) is 28.5 Å². The van der Waals surface area contributed by atoms with Crippen LogP contribution in [-0.2, 0) is 66.5 Å². The molecular formula is C67H62Cl2N6O7S2. The molecule has 0 radical (unpaired) electrons. The van der Waals surface area contributed by atoms with Crippen molar-refractivity contribution in [3.63, 3.8) is 0 Å². The molecule has 0 aliphatic heterocycles. The highest BCUT2D eigenvalue weighted by Crippen LogP contribution is 2.42. The van der Waals surface area contributed by atoms with Gasteiger partial charge in [-0.3, -0.25) is 0 Å². The second-order valence-electron chi connectivity index (χ2n) is 20.4. The number of aryl methyl sites for hydroxylation is 2. The summed E-state index contributed by atoms with van der Waals surface area (Å²) >= 11 is 12.2. The number of halogens is 2. The molecule has 84 heavy (non-hydrogen) atoms. The van der Waals surface area contributed by atoms with Gasteiger partial charge >= 0.3 is 6.16 Å². The maximum absolute atomic E-state index is 14.4. The first kappa shape index (κ1) is 59.0. The number of imidazole rings is 2. The summed E-state index contributed by atoms with van der Waals surface area (Å²) in [5.41, 5.74) is 6.69. The standard InChI is InChI=1S/C67H62Cl2N6O7S2/c68-59-35-31-51(32-36-59)43-72-83(77,78)47-63(41-39-61-45-74(49-70-61)66(53-19-7-1-8-20-53,54-21-9-2-10-22-54)55-23-11-3-12-24-55)81-65(76)82-64(48-84(79,80)73-44-52-33-37-60(69)38-34-52)42-40-62-46-75(50-71-62)67(56-25-13-4-14-26-56,57-27-15-5-16-28-57)58-29-17-6-18-30-58/h1-38,45-46,49-50,63-64,72-73H,39-44,47-48H2. The Morgan fingerprint density at radius 3 is 0.976 bits per heavy atom. The summed E-state index contributed by atoms with van der Waals surface area (Å²) in [7, 11) is -8.28. The summed E-state index contributed by atoms with van der Waals surface area (Å²) in [6.45, 7) is -0.104. The van der Waals surface area contributed by atoms with Crippen LogP contribution in [0.15, 0.2) is 256 Å². The van der Waals surface area contributed by atoms with Crippen LogP contribution in [0, 0.1) is 0 Å². The Kier molecular flexibility index (Phi) is 19.0. The van der Waals surface area contributed by atoms with E-state index in [4.69, 9.17) is 42.6 Å². The van der Waals surface area contributed by atoms with Gasteiger partial charge in [0.05, 0.1) is 24.0 Å². The van der Waals surface area contributed by atoms with Gasteiger partial charge in [0.2, 0.25) is 20.0 Å². The normalized spacial score (nSPS) is 12.8. The number of ether oxygens (including phenoxy) is 2. The van der Waals surface area contributed by atoms with Crippen LogP contribution in [0.3, 0.4) is 0 Å². The highest BCUT2D eigenvalue weighted by atomic mass is 35.5. The number of carbonyl (C=O) groups is 1. The van der Waals surface area contributed by atoms with E-state index >= 15 is 0 Å². The molecule has 2 atom stereocenters. The molecule has 0 amide bonds. The zero-order valence-electron chi connectivity index (χ0n) is 45.8. The Balaban J connectivity index is 0.936. The Morgan fingerprint density at radius 2 is 0.702 bits per heavy atom. The molecule has 428 valence electrons. The van der Waals surface area contributed by atoms with E-state index in [0.717, 1.165) is 33.4 Å². The second kappa shape index (κ2) is 27.0. The third-order valence-electron chi connectivity index (χ3n) is 14.8. The van der Waals surface area contributed by atoms with Crippen LogP contribution in [0.25, 0.3) is 0 Å². The van der Waals surface area contributed by atoms with Crippen molar-refractivity contribution in [2.45, 2.75) is 62.1 Å². The van der Waals surface area contributed by atoms with Crippen LogP contribution >= 0.6 is 23.2 Å². The smallest absolute Gasteiger partial charge is 0.430 e. The molecule has 0 aliphatic rings. The van der Waals surface area contributed by atoms with E-state index in [1.807, 2.05) is 122 Å². The highest BCUT2D eigenvalue weighted by Gasteiger charge is 2.40. The number of hydrogen-bond donors (Lipinski definition) is 2. The molecular weight excluding hydrogens is 1140 g/mol. The monoisotopic (exact) mass is 1200 g/mol. The van der Waals surface area contributed by atoms with Crippen LogP contribution in [0.1, 0.15) is 68.7 Å². The van der Waals surface area contributed by atoms with Crippen LogP contribution in [-0.4, -0.2) is 65.8 Å². The van der Waals surface area contributed by atoms with Crippen molar-refractivity contribution in [2.24, 2.45) is 0 Å². The van der Waals surface area contributed by atoms with Gasteiger partial charge in [-0.15, -0.1) is 0 Å². The van der Waals surface area contributed by atoms with Gasteiger partial charge in [-0.2, -0.15) is 0 Å². The molecule has 0 aliphatic carbocycles. The maximum atomic E-state index is 14.4. The van der Waals surface area contributed by atoms with Gasteiger partial charge in [-0.25, -0.2) is 41.0 Å². The summed E-state index contributed by atoms with van der Waals surface area (Å²) in [6.07, 6.45) is 3.92. The molecule has 2 heterocycles. The minimum Gasteiger partial charge on any atom is -0.430 e. The number of benzene rings is 8. The number of rotatable bonds is 26. The van der Waals surface area contributed by atoms with E-state index in [1.165, 1.54) is 0 Å². The van der Waals surface area contributed by atoms with Gasteiger partial charge in [0, 0.05) is 35.5 Å². The van der Waals surface area contributed by atoms with Crippen molar-refractivity contribution < 1.29 is 31.1 Å². The zero-order chi connectivity index (χ0) is 58.4. The molecule has 0 bridgehead atoms. The van der Waals surface area contributed by atoms with Crippen LogP contribution in [0.4, 0.5) is 4.79 Å². The average molecular weight is 1200 g/mol. The van der Waals surface area contributed by atoms with Crippen LogP contribution < -0.4 is 9.44 Å². The highest BCUT2D eigenvalue weighted by molar-refractivity contribution is 7.89. The van der Waals surface area contributed by atoms with E-state index in [9.17, 15) is 21.6 Å². The average Bonchev–Trinajstić information content (AvgIpc) is 1.89. The van der Waals surface area contributed by atoms with Crippen molar-refractivity contribution in [2.75, 3.05) is 11.5 Å². The minimum atomic E-state index is -4.14. The van der Waals surface area contributed by atoms with Gasteiger partial charge in [0.1, 0.15) is 34.8 Å². The van der Waals surface area contributed by atoms with Gasteiger partial charge in [-0.05, 0) is 94.5 Å². The lowest BCUT2D eigenvalue weighted by Crippen LogP contribution is -2.37. The van der Waals surface area contributed by atoms with Gasteiger partial charge in [0.15, 0.2) is 0 Å². The van der Waals surface area contributed by atoms with Crippen LogP contribution in [0.2, 0.25) is 10.0 Å². The predicted octanol–water partition coefficient (Wildman–Crippen LogP) is 12.8. The van der Waals surface area contributed by atoms with Crippen molar-refractivity contribution in [3.05, 3.63) is 322 Å². The molecule has 0 saturated heterocycles.